The average Bonchev–Trinajstić information content (AvgIpc) is 2.60. The minimum Gasteiger partial charge on any atom is -0.389 e. The van der Waals surface area contributed by atoms with Crippen molar-refractivity contribution in [3.05, 3.63) is 71.6 Å². The SMILES string of the molecule is CCOCCC(O)C=Cc1ccc(C=Cc2cccnc2)cc1. The van der Waals surface area contributed by atoms with E-state index in [4.69, 9.17) is 4.74 Å². The topological polar surface area (TPSA) is 42.4 Å². The average molecular weight is 309 g/mol. The van der Waals surface area contributed by atoms with Crippen molar-refractivity contribution in [1.82, 2.24) is 4.98 Å². The van der Waals surface area contributed by atoms with Gasteiger partial charge < -0.3 is 9.84 Å². The van der Waals surface area contributed by atoms with Gasteiger partial charge in [-0.05, 0) is 29.7 Å². The van der Waals surface area contributed by atoms with Crippen LogP contribution in [-0.2, 0) is 4.74 Å². The predicted molar refractivity (Wildman–Crippen MR) is 95.8 cm³/mol. The monoisotopic (exact) mass is 309 g/mol. The second-order valence-electron chi connectivity index (χ2n) is 5.20. The maximum atomic E-state index is 9.82. The molecule has 0 aliphatic heterocycles. The molecule has 0 aliphatic carbocycles. The standard InChI is InChI=1S/C20H23NO2/c1-2-23-15-13-20(22)12-11-18-7-5-17(6-8-18)9-10-19-4-3-14-21-16-19/h3-12,14,16,20,22H,2,13,15H2,1H3. The lowest BCUT2D eigenvalue weighted by Gasteiger charge is -2.05. The summed E-state index contributed by atoms with van der Waals surface area (Å²) in [6, 6.07) is 12.1. The highest BCUT2D eigenvalue weighted by Crippen LogP contribution is 2.11. The molecule has 1 N–H and O–H groups in total. The molecule has 23 heavy (non-hydrogen) atoms. The first-order valence-electron chi connectivity index (χ1n) is 7.90. The van der Waals surface area contributed by atoms with Crippen molar-refractivity contribution in [2.45, 2.75) is 19.4 Å². The molecule has 0 spiro atoms. The third-order valence-corrected chi connectivity index (χ3v) is 3.36. The van der Waals surface area contributed by atoms with Crippen LogP contribution in [0.5, 0.6) is 0 Å². The van der Waals surface area contributed by atoms with Gasteiger partial charge in [-0.3, -0.25) is 4.98 Å². The summed E-state index contributed by atoms with van der Waals surface area (Å²) in [6.45, 7) is 3.22. The zero-order valence-electron chi connectivity index (χ0n) is 13.4. The Morgan fingerprint density at radius 1 is 1.04 bits per heavy atom. The summed E-state index contributed by atoms with van der Waals surface area (Å²) in [5, 5.41) is 9.82. The number of nitrogens with zero attached hydrogens (tertiary/aromatic N) is 1. The third kappa shape index (κ3) is 6.59. The molecule has 120 valence electrons. The minimum absolute atomic E-state index is 0.466. The van der Waals surface area contributed by atoms with Crippen molar-refractivity contribution in [2.24, 2.45) is 0 Å². The van der Waals surface area contributed by atoms with Gasteiger partial charge in [-0.1, -0.05) is 54.6 Å². The Morgan fingerprint density at radius 2 is 1.74 bits per heavy atom. The first-order chi connectivity index (χ1) is 11.3. The van der Waals surface area contributed by atoms with Crippen molar-refractivity contribution in [3.8, 4) is 0 Å². The first kappa shape index (κ1) is 17.1. The van der Waals surface area contributed by atoms with Crippen LogP contribution in [0.15, 0.2) is 54.9 Å². The molecular formula is C20H23NO2. The number of pyridine rings is 1. The molecule has 0 fully saturated rings. The van der Waals surface area contributed by atoms with Crippen LogP contribution in [0.25, 0.3) is 18.2 Å². The Morgan fingerprint density at radius 3 is 2.39 bits per heavy atom. The molecule has 0 radical (unpaired) electrons. The van der Waals surface area contributed by atoms with Crippen molar-refractivity contribution in [2.75, 3.05) is 13.2 Å². The molecule has 2 rings (SSSR count). The number of ether oxygens (including phenoxy) is 1. The fraction of sp³-hybridized carbons (Fsp3) is 0.250. The van der Waals surface area contributed by atoms with Gasteiger partial charge in [0.1, 0.15) is 0 Å². The molecule has 0 saturated heterocycles. The smallest absolute Gasteiger partial charge is 0.0746 e. The Bertz CT molecular complexity index is 618. The molecule has 1 unspecified atom stereocenters. The number of benzene rings is 1. The molecule has 1 aromatic carbocycles. The van der Waals surface area contributed by atoms with Gasteiger partial charge in [-0.25, -0.2) is 0 Å². The van der Waals surface area contributed by atoms with Crippen LogP contribution >= 0.6 is 0 Å². The number of aliphatic hydroxyl groups is 1. The van der Waals surface area contributed by atoms with Gasteiger partial charge in [-0.2, -0.15) is 0 Å². The predicted octanol–water partition coefficient (Wildman–Crippen LogP) is 4.05. The van der Waals surface area contributed by atoms with E-state index in [1.54, 1.807) is 12.3 Å². The number of aromatic nitrogens is 1. The zero-order valence-corrected chi connectivity index (χ0v) is 13.4. The van der Waals surface area contributed by atoms with Gasteiger partial charge >= 0.3 is 0 Å². The van der Waals surface area contributed by atoms with E-state index in [9.17, 15) is 5.11 Å². The summed E-state index contributed by atoms with van der Waals surface area (Å²) in [4.78, 5) is 4.09. The van der Waals surface area contributed by atoms with Crippen molar-refractivity contribution >= 4 is 18.2 Å². The van der Waals surface area contributed by atoms with Gasteiger partial charge in [0.05, 0.1) is 6.10 Å². The lowest BCUT2D eigenvalue weighted by atomic mass is 10.1. The van der Waals surface area contributed by atoms with Crippen LogP contribution in [0.2, 0.25) is 0 Å². The third-order valence-electron chi connectivity index (χ3n) is 3.36. The largest absolute Gasteiger partial charge is 0.389 e. The van der Waals surface area contributed by atoms with Crippen LogP contribution in [0.4, 0.5) is 0 Å². The molecule has 0 saturated carbocycles. The summed E-state index contributed by atoms with van der Waals surface area (Å²) < 4.78 is 5.23. The van der Waals surface area contributed by atoms with Crippen LogP contribution in [0.3, 0.4) is 0 Å². The number of aliphatic hydroxyl groups excluding tert-OH is 1. The first-order valence-corrected chi connectivity index (χ1v) is 7.90. The van der Waals surface area contributed by atoms with E-state index in [1.807, 2.05) is 49.5 Å². The van der Waals surface area contributed by atoms with Gasteiger partial charge in [-0.15, -0.1) is 0 Å². The Balaban J connectivity index is 1.88. The normalized spacial score (nSPS) is 13.0. The molecule has 3 heteroatoms. The summed E-state index contributed by atoms with van der Waals surface area (Å²) in [5.41, 5.74) is 3.27. The van der Waals surface area contributed by atoms with E-state index in [0.717, 1.165) is 16.7 Å². The number of rotatable bonds is 8. The fourth-order valence-electron chi connectivity index (χ4n) is 2.05. The van der Waals surface area contributed by atoms with Crippen LogP contribution in [0.1, 0.15) is 30.0 Å². The van der Waals surface area contributed by atoms with Crippen LogP contribution in [-0.4, -0.2) is 29.4 Å². The van der Waals surface area contributed by atoms with E-state index in [-0.39, 0.29) is 0 Å². The van der Waals surface area contributed by atoms with Crippen molar-refractivity contribution < 1.29 is 9.84 Å². The lowest BCUT2D eigenvalue weighted by Crippen LogP contribution is -2.06. The highest BCUT2D eigenvalue weighted by molar-refractivity contribution is 5.69. The highest BCUT2D eigenvalue weighted by Gasteiger charge is 1.98. The zero-order chi connectivity index (χ0) is 16.3. The Hall–Kier alpha value is -2.23. The van der Waals surface area contributed by atoms with Crippen molar-refractivity contribution in [3.63, 3.8) is 0 Å². The van der Waals surface area contributed by atoms with E-state index < -0.39 is 6.10 Å². The Kier molecular flexibility index (Phi) is 7.24. The van der Waals surface area contributed by atoms with Gasteiger partial charge in [0.15, 0.2) is 0 Å². The van der Waals surface area contributed by atoms with E-state index in [1.165, 1.54) is 0 Å². The molecule has 1 aromatic heterocycles. The van der Waals surface area contributed by atoms with Crippen LogP contribution in [0, 0.1) is 0 Å². The second-order valence-corrected chi connectivity index (χ2v) is 5.20. The molecule has 0 aliphatic rings. The van der Waals surface area contributed by atoms with Crippen molar-refractivity contribution in [1.29, 1.82) is 0 Å². The molecule has 1 atom stereocenters. The highest BCUT2D eigenvalue weighted by atomic mass is 16.5. The van der Waals surface area contributed by atoms with Gasteiger partial charge in [0.25, 0.3) is 0 Å². The molecule has 2 aromatic rings. The summed E-state index contributed by atoms with van der Waals surface area (Å²) in [7, 11) is 0. The Labute approximate surface area is 138 Å². The number of hydrogen-bond donors (Lipinski definition) is 1. The van der Waals surface area contributed by atoms with Gasteiger partial charge in [0, 0.05) is 32.0 Å². The quantitative estimate of drug-likeness (QED) is 0.748. The molecule has 1 heterocycles. The minimum atomic E-state index is -0.466. The fourth-order valence-corrected chi connectivity index (χ4v) is 2.05. The molecule has 3 nitrogen and oxygen atoms in total. The van der Waals surface area contributed by atoms with Gasteiger partial charge in [0.2, 0.25) is 0 Å². The maximum absolute atomic E-state index is 9.82. The summed E-state index contributed by atoms with van der Waals surface area (Å²) in [6.07, 6.45) is 11.6. The molecule has 0 bridgehead atoms. The van der Waals surface area contributed by atoms with E-state index in [2.05, 4.69) is 23.2 Å². The lowest BCUT2D eigenvalue weighted by molar-refractivity contribution is 0.107. The second kappa shape index (κ2) is 9.72. The number of hydrogen-bond acceptors (Lipinski definition) is 3. The molecular weight excluding hydrogens is 286 g/mol. The van der Waals surface area contributed by atoms with Crippen LogP contribution < -0.4 is 0 Å². The maximum Gasteiger partial charge on any atom is 0.0746 e. The summed E-state index contributed by atoms with van der Waals surface area (Å²) in [5.74, 6) is 0. The van der Waals surface area contributed by atoms with E-state index >= 15 is 0 Å². The molecule has 0 amide bonds. The van der Waals surface area contributed by atoms with E-state index in [0.29, 0.717) is 19.6 Å². The summed E-state index contributed by atoms with van der Waals surface area (Å²) >= 11 is 0.